The molecule has 35 heavy (non-hydrogen) atoms. The first kappa shape index (κ1) is 24.6. The number of aromatic nitrogens is 2. The van der Waals surface area contributed by atoms with Crippen molar-refractivity contribution in [2.45, 2.75) is 57.2 Å². The van der Waals surface area contributed by atoms with Crippen molar-refractivity contribution < 1.29 is 23.9 Å². The highest BCUT2D eigenvalue weighted by Gasteiger charge is 2.46. The van der Waals surface area contributed by atoms with E-state index < -0.39 is 5.54 Å². The zero-order chi connectivity index (χ0) is 25.2. The van der Waals surface area contributed by atoms with Crippen LogP contribution in [-0.2, 0) is 17.8 Å². The quantitative estimate of drug-likeness (QED) is 0.592. The summed E-state index contributed by atoms with van der Waals surface area (Å²) in [6, 6.07) is 7.16. The standard InChI is InChI=1S/C25H33N5O5/c1-25(24(33)27-17-7-5-6-8-17)15-30-20(23(32)29(25)2)14-19(28-30)22(31)26-12-11-16-9-10-18(34-3)13-21(16)35-4/h9-10,13-14,17H,5-8,11-12,15H2,1-4H3,(H,26,31)(H,27,33)/t25-/m0/s1. The van der Waals surface area contributed by atoms with Crippen LogP contribution in [0.15, 0.2) is 24.3 Å². The third kappa shape index (κ3) is 4.82. The Bertz CT molecular complexity index is 1120. The molecule has 2 heterocycles. The lowest BCUT2D eigenvalue weighted by atomic mass is 9.95. The molecule has 1 aliphatic heterocycles. The lowest BCUT2D eigenvalue weighted by molar-refractivity contribution is -0.133. The van der Waals surface area contributed by atoms with Crippen molar-refractivity contribution in [2.24, 2.45) is 0 Å². The van der Waals surface area contributed by atoms with Crippen molar-refractivity contribution in [3.63, 3.8) is 0 Å². The molecule has 2 N–H and O–H groups in total. The van der Waals surface area contributed by atoms with E-state index in [0.717, 1.165) is 31.2 Å². The maximum absolute atomic E-state index is 13.1. The average molecular weight is 484 g/mol. The Morgan fingerprint density at radius 2 is 1.91 bits per heavy atom. The third-order valence-electron chi connectivity index (χ3n) is 7.09. The number of ether oxygens (including phenoxy) is 2. The summed E-state index contributed by atoms with van der Waals surface area (Å²) >= 11 is 0. The summed E-state index contributed by atoms with van der Waals surface area (Å²) in [6.07, 6.45) is 4.67. The largest absolute Gasteiger partial charge is 0.497 e. The molecule has 0 bridgehead atoms. The number of hydrogen-bond acceptors (Lipinski definition) is 6. The molecule has 1 aromatic heterocycles. The van der Waals surface area contributed by atoms with Crippen molar-refractivity contribution in [1.29, 1.82) is 0 Å². The second-order valence-electron chi connectivity index (χ2n) is 9.35. The number of fused-ring (bicyclic) bond motifs is 1. The molecule has 2 aliphatic rings. The smallest absolute Gasteiger partial charge is 0.272 e. The Kier molecular flexibility index (Phi) is 7.00. The first-order valence-corrected chi connectivity index (χ1v) is 11.9. The highest BCUT2D eigenvalue weighted by Crippen LogP contribution is 2.28. The molecule has 1 fully saturated rings. The van der Waals surface area contributed by atoms with E-state index in [1.54, 1.807) is 34.3 Å². The van der Waals surface area contributed by atoms with Crippen molar-refractivity contribution in [3.8, 4) is 11.5 Å². The minimum atomic E-state index is -1.09. The van der Waals surface area contributed by atoms with Gasteiger partial charge in [-0.3, -0.25) is 19.1 Å². The van der Waals surface area contributed by atoms with E-state index >= 15 is 0 Å². The van der Waals surface area contributed by atoms with E-state index in [0.29, 0.717) is 30.2 Å². The van der Waals surface area contributed by atoms with Gasteiger partial charge in [0, 0.05) is 31.8 Å². The first-order valence-electron chi connectivity index (χ1n) is 11.9. The van der Waals surface area contributed by atoms with Crippen molar-refractivity contribution in [3.05, 3.63) is 41.2 Å². The molecule has 0 radical (unpaired) electrons. The molecule has 4 rings (SSSR count). The number of likely N-dealkylation sites (N-methyl/N-ethyl adjacent to an activating group) is 1. The normalized spacial score (nSPS) is 19.9. The van der Waals surface area contributed by atoms with Crippen LogP contribution < -0.4 is 20.1 Å². The Hall–Kier alpha value is -3.56. The number of carbonyl (C=O) groups is 3. The monoisotopic (exact) mass is 483 g/mol. The maximum Gasteiger partial charge on any atom is 0.272 e. The predicted octanol–water partition coefficient (Wildman–Crippen LogP) is 1.78. The molecule has 3 amide bonds. The van der Waals surface area contributed by atoms with E-state index in [4.69, 9.17) is 9.47 Å². The van der Waals surface area contributed by atoms with Crippen LogP contribution in [0.25, 0.3) is 0 Å². The van der Waals surface area contributed by atoms with Crippen LogP contribution in [0, 0.1) is 0 Å². The van der Waals surface area contributed by atoms with Gasteiger partial charge in [-0.05, 0) is 37.8 Å². The minimum Gasteiger partial charge on any atom is -0.497 e. The zero-order valence-corrected chi connectivity index (χ0v) is 20.7. The van der Waals surface area contributed by atoms with Gasteiger partial charge in [-0.15, -0.1) is 0 Å². The fourth-order valence-corrected chi connectivity index (χ4v) is 4.71. The average Bonchev–Trinajstić information content (AvgIpc) is 3.52. The zero-order valence-electron chi connectivity index (χ0n) is 20.7. The van der Waals surface area contributed by atoms with Crippen molar-refractivity contribution in [2.75, 3.05) is 27.8 Å². The van der Waals surface area contributed by atoms with Gasteiger partial charge in [0.2, 0.25) is 5.91 Å². The van der Waals surface area contributed by atoms with Crippen molar-refractivity contribution >= 4 is 17.7 Å². The van der Waals surface area contributed by atoms with Gasteiger partial charge in [0.25, 0.3) is 11.8 Å². The van der Waals surface area contributed by atoms with Gasteiger partial charge in [-0.25, -0.2) is 0 Å². The van der Waals surface area contributed by atoms with Gasteiger partial charge in [0.1, 0.15) is 22.7 Å². The fraction of sp³-hybridized carbons (Fsp3) is 0.520. The molecule has 1 aromatic carbocycles. The molecule has 0 saturated heterocycles. The molecule has 10 nitrogen and oxygen atoms in total. The fourth-order valence-electron chi connectivity index (χ4n) is 4.71. The Morgan fingerprint density at radius 1 is 1.17 bits per heavy atom. The number of benzene rings is 1. The summed E-state index contributed by atoms with van der Waals surface area (Å²) in [5, 5.41) is 10.3. The van der Waals surface area contributed by atoms with E-state index in [9.17, 15) is 14.4 Å². The molecule has 10 heteroatoms. The second-order valence-corrected chi connectivity index (χ2v) is 9.35. The van der Waals surface area contributed by atoms with Gasteiger partial charge in [-0.1, -0.05) is 18.9 Å². The van der Waals surface area contributed by atoms with E-state index in [2.05, 4.69) is 15.7 Å². The van der Waals surface area contributed by atoms with Gasteiger partial charge < -0.3 is 25.0 Å². The summed E-state index contributed by atoms with van der Waals surface area (Å²) in [6.45, 7) is 2.28. The van der Waals surface area contributed by atoms with Crippen LogP contribution in [0.3, 0.4) is 0 Å². The summed E-state index contributed by atoms with van der Waals surface area (Å²) in [4.78, 5) is 40.4. The van der Waals surface area contributed by atoms with Gasteiger partial charge in [0.15, 0.2) is 5.69 Å². The number of amides is 3. The Labute approximate surface area is 204 Å². The number of carbonyl (C=O) groups excluding carboxylic acids is 3. The molecule has 0 spiro atoms. The molecule has 1 aliphatic carbocycles. The van der Waals surface area contributed by atoms with E-state index in [-0.39, 0.29) is 36.0 Å². The summed E-state index contributed by atoms with van der Waals surface area (Å²) in [7, 11) is 4.80. The molecule has 188 valence electrons. The number of nitrogens with zero attached hydrogens (tertiary/aromatic N) is 3. The van der Waals surface area contributed by atoms with Crippen LogP contribution >= 0.6 is 0 Å². The number of rotatable bonds is 8. The molecular formula is C25H33N5O5. The highest BCUT2D eigenvalue weighted by molar-refractivity contribution is 6.01. The highest BCUT2D eigenvalue weighted by atomic mass is 16.5. The molecule has 1 atom stereocenters. The summed E-state index contributed by atoms with van der Waals surface area (Å²) in [5.41, 5.74) is 0.278. The SMILES string of the molecule is COc1ccc(CCNC(=O)c2cc3n(n2)C[C@@](C)(C(=O)NC2CCCC2)N(C)C3=O)c(OC)c1. The Balaban J connectivity index is 1.42. The molecule has 0 unspecified atom stereocenters. The number of methoxy groups -OCH3 is 2. The van der Waals surface area contributed by atoms with Crippen LogP contribution in [0.1, 0.15) is 59.1 Å². The lowest BCUT2D eigenvalue weighted by Gasteiger charge is -2.41. The van der Waals surface area contributed by atoms with Crippen LogP contribution in [0.4, 0.5) is 0 Å². The first-order chi connectivity index (χ1) is 16.8. The Morgan fingerprint density at radius 3 is 2.60 bits per heavy atom. The summed E-state index contributed by atoms with van der Waals surface area (Å²) < 4.78 is 12.1. The van der Waals surface area contributed by atoms with Crippen LogP contribution in [-0.4, -0.2) is 71.8 Å². The van der Waals surface area contributed by atoms with Gasteiger partial charge >= 0.3 is 0 Å². The lowest BCUT2D eigenvalue weighted by Crippen LogP contribution is -2.63. The number of hydrogen-bond donors (Lipinski definition) is 2. The van der Waals surface area contributed by atoms with Gasteiger partial charge in [-0.2, -0.15) is 5.10 Å². The predicted molar refractivity (Wildman–Crippen MR) is 129 cm³/mol. The van der Waals surface area contributed by atoms with Crippen LogP contribution in [0.2, 0.25) is 0 Å². The van der Waals surface area contributed by atoms with Crippen LogP contribution in [0.5, 0.6) is 11.5 Å². The maximum atomic E-state index is 13.1. The second kappa shape index (κ2) is 9.97. The molecule has 1 saturated carbocycles. The van der Waals surface area contributed by atoms with E-state index in [1.807, 2.05) is 12.1 Å². The molecule has 2 aromatic rings. The minimum absolute atomic E-state index is 0.142. The van der Waals surface area contributed by atoms with Crippen molar-refractivity contribution in [1.82, 2.24) is 25.3 Å². The summed E-state index contributed by atoms with van der Waals surface area (Å²) in [5.74, 6) is 0.458. The number of nitrogens with one attached hydrogen (secondary N) is 2. The third-order valence-corrected chi connectivity index (χ3v) is 7.09. The van der Waals surface area contributed by atoms with E-state index in [1.165, 1.54) is 15.6 Å². The molecular weight excluding hydrogens is 450 g/mol. The topological polar surface area (TPSA) is 115 Å². The van der Waals surface area contributed by atoms with Gasteiger partial charge in [0.05, 0.1) is 20.8 Å².